The highest BCUT2D eigenvalue weighted by Crippen LogP contribution is 2.34. The Morgan fingerprint density at radius 3 is 2.45 bits per heavy atom. The lowest BCUT2D eigenvalue weighted by atomic mass is 10.2. The molecule has 0 bridgehead atoms. The summed E-state index contributed by atoms with van der Waals surface area (Å²) in [6.45, 7) is 5.38. The van der Waals surface area contributed by atoms with Crippen LogP contribution in [0.25, 0.3) is 6.08 Å². The lowest BCUT2D eigenvalue weighted by molar-refractivity contribution is -0.123. The van der Waals surface area contributed by atoms with Crippen LogP contribution in [-0.2, 0) is 4.79 Å². The summed E-state index contributed by atoms with van der Waals surface area (Å²) in [6.07, 6.45) is 2.58. The topological polar surface area (TPSA) is 65.1 Å². The van der Waals surface area contributed by atoms with Crippen LogP contribution < -0.4 is 14.2 Å². The molecule has 0 aromatic heterocycles. The highest BCUT2D eigenvalue weighted by atomic mass is 35.5. The second-order valence-electron chi connectivity index (χ2n) is 6.62. The van der Waals surface area contributed by atoms with Gasteiger partial charge in [-0.05, 0) is 73.1 Å². The molecule has 0 aliphatic carbocycles. The van der Waals surface area contributed by atoms with E-state index >= 15 is 0 Å². The van der Waals surface area contributed by atoms with Crippen LogP contribution in [0, 0.1) is 0 Å². The number of benzene rings is 2. The van der Waals surface area contributed by atoms with Gasteiger partial charge in [0.1, 0.15) is 12.4 Å². The molecule has 3 rings (SSSR count). The molecule has 0 unspecified atom stereocenters. The van der Waals surface area contributed by atoms with Crippen molar-refractivity contribution in [2.24, 2.45) is 0 Å². The molecule has 31 heavy (non-hydrogen) atoms. The minimum atomic E-state index is -0.334. The molecule has 6 nitrogen and oxygen atoms in total. The zero-order chi connectivity index (χ0) is 22.2. The normalized spacial score (nSPS) is 14.9. The second kappa shape index (κ2) is 11.1. The minimum Gasteiger partial charge on any atom is -0.492 e. The SMILES string of the molecule is CCCOc1ccc(/C=C2\SC(=O)N(CCOc3ccc(Cl)cc3)C2=O)cc1OCC. The van der Waals surface area contributed by atoms with Crippen molar-refractivity contribution in [1.29, 1.82) is 0 Å². The number of thioether (sulfide) groups is 1. The Hall–Kier alpha value is -2.64. The molecule has 0 radical (unpaired) electrons. The predicted octanol–water partition coefficient (Wildman–Crippen LogP) is 5.64. The number of hydrogen-bond acceptors (Lipinski definition) is 6. The fraction of sp³-hybridized carbons (Fsp3) is 0.304. The average molecular weight is 462 g/mol. The highest BCUT2D eigenvalue weighted by molar-refractivity contribution is 8.18. The van der Waals surface area contributed by atoms with Gasteiger partial charge >= 0.3 is 0 Å². The first kappa shape index (κ1) is 23.0. The third-order valence-electron chi connectivity index (χ3n) is 4.30. The van der Waals surface area contributed by atoms with Crippen LogP contribution in [0.5, 0.6) is 17.2 Å². The van der Waals surface area contributed by atoms with Crippen molar-refractivity contribution in [3.8, 4) is 17.2 Å². The van der Waals surface area contributed by atoms with Gasteiger partial charge in [0.25, 0.3) is 11.1 Å². The molecule has 1 heterocycles. The van der Waals surface area contributed by atoms with E-state index in [9.17, 15) is 9.59 Å². The molecule has 1 saturated heterocycles. The summed E-state index contributed by atoms with van der Waals surface area (Å²) in [7, 11) is 0. The van der Waals surface area contributed by atoms with Gasteiger partial charge in [0.2, 0.25) is 0 Å². The highest BCUT2D eigenvalue weighted by Gasteiger charge is 2.34. The van der Waals surface area contributed by atoms with Crippen LogP contribution in [-0.4, -0.2) is 42.4 Å². The summed E-state index contributed by atoms with van der Waals surface area (Å²) in [5.74, 6) is 1.56. The van der Waals surface area contributed by atoms with Crippen LogP contribution in [0.2, 0.25) is 5.02 Å². The number of imide groups is 1. The maximum Gasteiger partial charge on any atom is 0.293 e. The molecule has 2 aromatic rings. The molecule has 2 amide bonds. The summed E-state index contributed by atoms with van der Waals surface area (Å²) < 4.78 is 17.0. The first-order valence-corrected chi connectivity index (χ1v) is 11.2. The number of rotatable bonds is 10. The summed E-state index contributed by atoms with van der Waals surface area (Å²) in [5.41, 5.74) is 0.759. The van der Waals surface area contributed by atoms with Crippen molar-refractivity contribution in [1.82, 2.24) is 4.90 Å². The largest absolute Gasteiger partial charge is 0.492 e. The van der Waals surface area contributed by atoms with E-state index in [1.165, 1.54) is 4.90 Å². The van der Waals surface area contributed by atoms with E-state index in [0.29, 0.717) is 40.4 Å². The maximum atomic E-state index is 12.7. The summed E-state index contributed by atoms with van der Waals surface area (Å²) in [4.78, 5) is 26.6. The standard InChI is InChI=1S/C23H24ClNO5S/c1-3-12-30-19-10-5-16(14-20(19)28-4-2)15-21-22(26)25(23(27)31-21)11-13-29-18-8-6-17(24)7-9-18/h5-10,14-15H,3-4,11-13H2,1-2H3/b21-15-. The molecule has 0 saturated carbocycles. The van der Waals surface area contributed by atoms with Crippen molar-refractivity contribution in [3.05, 3.63) is 58.0 Å². The first-order valence-electron chi connectivity index (χ1n) is 10.0. The average Bonchev–Trinajstić information content (AvgIpc) is 3.02. The predicted molar refractivity (Wildman–Crippen MR) is 123 cm³/mol. The molecule has 0 atom stereocenters. The van der Waals surface area contributed by atoms with Gasteiger partial charge in [-0.1, -0.05) is 24.6 Å². The van der Waals surface area contributed by atoms with Gasteiger partial charge < -0.3 is 14.2 Å². The van der Waals surface area contributed by atoms with Gasteiger partial charge in [-0.2, -0.15) is 0 Å². The van der Waals surface area contributed by atoms with Gasteiger partial charge in [-0.25, -0.2) is 0 Å². The number of hydrogen-bond donors (Lipinski definition) is 0. The quantitative estimate of drug-likeness (QED) is 0.426. The maximum absolute atomic E-state index is 12.7. The molecule has 2 aromatic carbocycles. The molecule has 1 aliphatic heterocycles. The molecule has 0 spiro atoms. The Morgan fingerprint density at radius 2 is 1.74 bits per heavy atom. The number of amides is 2. The van der Waals surface area contributed by atoms with E-state index in [2.05, 4.69) is 0 Å². The van der Waals surface area contributed by atoms with Gasteiger partial charge in [0, 0.05) is 5.02 Å². The van der Waals surface area contributed by atoms with Crippen LogP contribution >= 0.6 is 23.4 Å². The van der Waals surface area contributed by atoms with Crippen molar-refractivity contribution < 1.29 is 23.8 Å². The molecule has 0 N–H and O–H groups in total. The van der Waals surface area contributed by atoms with E-state index in [-0.39, 0.29) is 24.3 Å². The van der Waals surface area contributed by atoms with Crippen LogP contribution in [0.4, 0.5) is 4.79 Å². The first-order chi connectivity index (χ1) is 15.0. The summed E-state index contributed by atoms with van der Waals surface area (Å²) in [5, 5.41) is 0.296. The zero-order valence-electron chi connectivity index (χ0n) is 17.4. The molecule has 8 heteroatoms. The smallest absolute Gasteiger partial charge is 0.293 e. The third kappa shape index (κ3) is 6.18. The van der Waals surface area contributed by atoms with Gasteiger partial charge in [0.15, 0.2) is 11.5 Å². The van der Waals surface area contributed by atoms with Crippen molar-refractivity contribution in [3.63, 3.8) is 0 Å². The second-order valence-corrected chi connectivity index (χ2v) is 8.05. The lowest BCUT2D eigenvalue weighted by Crippen LogP contribution is -2.32. The van der Waals surface area contributed by atoms with E-state index in [4.69, 9.17) is 25.8 Å². The summed E-state index contributed by atoms with van der Waals surface area (Å²) >= 11 is 6.77. The molecule has 164 valence electrons. The fourth-order valence-electron chi connectivity index (χ4n) is 2.84. The number of carbonyl (C=O) groups excluding carboxylic acids is 2. The Bertz CT molecular complexity index is 961. The monoisotopic (exact) mass is 461 g/mol. The van der Waals surface area contributed by atoms with Gasteiger partial charge in [0.05, 0.1) is 24.7 Å². The van der Waals surface area contributed by atoms with Crippen LogP contribution in [0.15, 0.2) is 47.4 Å². The van der Waals surface area contributed by atoms with E-state index in [1.54, 1.807) is 30.3 Å². The third-order valence-corrected chi connectivity index (χ3v) is 5.46. The molecular weight excluding hydrogens is 438 g/mol. The van der Waals surface area contributed by atoms with Crippen molar-refractivity contribution >= 4 is 40.6 Å². The lowest BCUT2D eigenvalue weighted by Gasteiger charge is -2.13. The number of nitrogens with zero attached hydrogens (tertiary/aromatic N) is 1. The van der Waals surface area contributed by atoms with E-state index in [0.717, 1.165) is 23.7 Å². The van der Waals surface area contributed by atoms with E-state index in [1.807, 2.05) is 32.0 Å². The zero-order valence-corrected chi connectivity index (χ0v) is 19.0. The van der Waals surface area contributed by atoms with Crippen LogP contribution in [0.1, 0.15) is 25.8 Å². The molecule has 1 aliphatic rings. The van der Waals surface area contributed by atoms with Crippen LogP contribution in [0.3, 0.4) is 0 Å². The van der Waals surface area contributed by atoms with E-state index < -0.39 is 0 Å². The fourth-order valence-corrected chi connectivity index (χ4v) is 3.83. The van der Waals surface area contributed by atoms with Crippen molar-refractivity contribution in [2.45, 2.75) is 20.3 Å². The Morgan fingerprint density at radius 1 is 0.968 bits per heavy atom. The van der Waals surface area contributed by atoms with Crippen molar-refractivity contribution in [2.75, 3.05) is 26.4 Å². The Kier molecular flexibility index (Phi) is 8.26. The molecular formula is C23H24ClNO5S. The van der Waals surface area contributed by atoms with Gasteiger partial charge in [-0.3, -0.25) is 14.5 Å². The number of halogens is 1. The minimum absolute atomic E-state index is 0.165. The Labute approximate surface area is 191 Å². The Balaban J connectivity index is 1.66. The number of carbonyl (C=O) groups is 2. The molecule has 1 fully saturated rings. The summed E-state index contributed by atoms with van der Waals surface area (Å²) in [6, 6.07) is 12.4. The number of ether oxygens (including phenoxy) is 3. The van der Waals surface area contributed by atoms with Gasteiger partial charge in [-0.15, -0.1) is 0 Å².